The number of phenolic OH excluding ortho intramolecular Hbond substituents is 1. The van der Waals surface area contributed by atoms with Gasteiger partial charge in [0.2, 0.25) is 5.91 Å². The number of rotatable bonds is 6. The van der Waals surface area contributed by atoms with Crippen molar-refractivity contribution >= 4 is 50.9 Å². The Morgan fingerprint density at radius 3 is 2.82 bits per heavy atom. The lowest BCUT2D eigenvalue weighted by Crippen LogP contribution is -2.15. The molecule has 3 aromatic rings. The number of phenols is 1. The molecule has 0 bridgehead atoms. The first-order valence-corrected chi connectivity index (χ1v) is 10.7. The van der Waals surface area contributed by atoms with Crippen molar-refractivity contribution in [1.29, 1.82) is 0 Å². The Bertz CT molecular complexity index is 1030. The highest BCUT2D eigenvalue weighted by Crippen LogP contribution is 2.32. The molecular formula is C19H18BrClN4O2S. The zero-order valence-corrected chi connectivity index (χ0v) is 18.4. The van der Waals surface area contributed by atoms with Gasteiger partial charge in [0, 0.05) is 21.7 Å². The maximum absolute atomic E-state index is 12.3. The molecule has 0 fully saturated rings. The molecule has 0 radical (unpaired) electrons. The molecule has 0 unspecified atom stereocenters. The van der Waals surface area contributed by atoms with Crippen LogP contribution in [0.2, 0.25) is 5.02 Å². The molecule has 0 spiro atoms. The van der Waals surface area contributed by atoms with Gasteiger partial charge in [0.25, 0.3) is 0 Å². The average Bonchev–Trinajstić information content (AvgIpc) is 3.07. The van der Waals surface area contributed by atoms with E-state index in [1.807, 2.05) is 24.5 Å². The molecule has 28 heavy (non-hydrogen) atoms. The highest BCUT2D eigenvalue weighted by molar-refractivity contribution is 9.10. The van der Waals surface area contributed by atoms with Crippen molar-refractivity contribution in [2.45, 2.75) is 25.5 Å². The van der Waals surface area contributed by atoms with E-state index in [2.05, 4.69) is 31.4 Å². The van der Waals surface area contributed by atoms with E-state index in [0.29, 0.717) is 33.8 Å². The smallest absolute Gasteiger partial charge is 0.234 e. The van der Waals surface area contributed by atoms with E-state index in [9.17, 15) is 9.90 Å². The van der Waals surface area contributed by atoms with Gasteiger partial charge in [0.05, 0.1) is 11.3 Å². The van der Waals surface area contributed by atoms with Gasteiger partial charge in [-0.25, -0.2) is 0 Å². The standard InChI is InChI=1S/C19H18BrClN4O2S/c1-3-25-18(14-8-12(20)5-7-16(14)26)23-24-19(25)28-10-17(27)22-15-9-13(21)6-4-11(15)2/h4-9,26H,3,10H2,1-2H3,(H,22,27). The van der Waals surface area contributed by atoms with Gasteiger partial charge in [0.15, 0.2) is 11.0 Å². The Hall–Kier alpha value is -2.03. The van der Waals surface area contributed by atoms with Crippen LogP contribution in [0.25, 0.3) is 11.4 Å². The van der Waals surface area contributed by atoms with Gasteiger partial charge < -0.3 is 15.0 Å². The Labute approximate surface area is 180 Å². The van der Waals surface area contributed by atoms with E-state index < -0.39 is 0 Å². The molecule has 2 aromatic carbocycles. The molecular weight excluding hydrogens is 464 g/mol. The molecule has 1 heterocycles. The summed E-state index contributed by atoms with van der Waals surface area (Å²) in [7, 11) is 0. The van der Waals surface area contributed by atoms with Crippen LogP contribution in [-0.4, -0.2) is 31.5 Å². The topological polar surface area (TPSA) is 80.0 Å². The number of nitrogens with zero attached hydrogens (tertiary/aromatic N) is 3. The van der Waals surface area contributed by atoms with Crippen LogP contribution >= 0.6 is 39.3 Å². The van der Waals surface area contributed by atoms with E-state index in [-0.39, 0.29) is 17.4 Å². The number of hydrogen-bond acceptors (Lipinski definition) is 5. The molecule has 0 saturated heterocycles. The lowest BCUT2D eigenvalue weighted by atomic mass is 10.2. The Kier molecular flexibility index (Phi) is 6.64. The van der Waals surface area contributed by atoms with Crippen LogP contribution < -0.4 is 5.32 Å². The third-order valence-electron chi connectivity index (χ3n) is 4.04. The van der Waals surface area contributed by atoms with Crippen molar-refractivity contribution < 1.29 is 9.90 Å². The molecule has 0 aliphatic carbocycles. The zero-order valence-electron chi connectivity index (χ0n) is 15.2. The SMILES string of the molecule is CCn1c(SCC(=O)Nc2cc(Cl)ccc2C)nnc1-c1cc(Br)ccc1O. The Balaban J connectivity index is 1.75. The quantitative estimate of drug-likeness (QED) is 0.477. The van der Waals surface area contributed by atoms with E-state index in [4.69, 9.17) is 11.6 Å². The van der Waals surface area contributed by atoms with Crippen LogP contribution in [0, 0.1) is 6.92 Å². The summed E-state index contributed by atoms with van der Waals surface area (Å²) in [6.07, 6.45) is 0. The monoisotopic (exact) mass is 480 g/mol. The number of carbonyl (C=O) groups is 1. The van der Waals surface area contributed by atoms with Gasteiger partial charge >= 0.3 is 0 Å². The molecule has 9 heteroatoms. The van der Waals surface area contributed by atoms with Crippen LogP contribution in [0.3, 0.4) is 0 Å². The summed E-state index contributed by atoms with van der Waals surface area (Å²) in [6, 6.07) is 10.5. The summed E-state index contributed by atoms with van der Waals surface area (Å²) in [5, 5.41) is 22.6. The zero-order chi connectivity index (χ0) is 20.3. The van der Waals surface area contributed by atoms with Gasteiger partial charge in [-0.05, 0) is 49.7 Å². The van der Waals surface area contributed by atoms with Gasteiger partial charge in [-0.2, -0.15) is 0 Å². The molecule has 0 aliphatic rings. The molecule has 1 amide bonds. The van der Waals surface area contributed by atoms with Gasteiger partial charge in [-0.1, -0.05) is 45.4 Å². The second-order valence-electron chi connectivity index (χ2n) is 6.01. The number of aromatic nitrogens is 3. The van der Waals surface area contributed by atoms with Crippen molar-refractivity contribution in [3.8, 4) is 17.1 Å². The van der Waals surface area contributed by atoms with Crippen molar-refractivity contribution in [3.05, 3.63) is 51.5 Å². The predicted octanol–water partition coefficient (Wildman–Crippen LogP) is 5.13. The van der Waals surface area contributed by atoms with Gasteiger partial charge in [0.1, 0.15) is 5.75 Å². The number of hydrogen-bond donors (Lipinski definition) is 2. The first-order valence-electron chi connectivity index (χ1n) is 8.50. The fourth-order valence-electron chi connectivity index (χ4n) is 2.61. The predicted molar refractivity (Wildman–Crippen MR) is 116 cm³/mol. The van der Waals surface area contributed by atoms with E-state index in [1.165, 1.54) is 11.8 Å². The van der Waals surface area contributed by atoms with Crippen molar-refractivity contribution in [2.24, 2.45) is 0 Å². The summed E-state index contributed by atoms with van der Waals surface area (Å²) in [5.74, 6) is 0.688. The Morgan fingerprint density at radius 2 is 2.07 bits per heavy atom. The highest BCUT2D eigenvalue weighted by Gasteiger charge is 2.17. The lowest BCUT2D eigenvalue weighted by molar-refractivity contribution is -0.113. The number of thioether (sulfide) groups is 1. The number of carbonyl (C=O) groups excluding carboxylic acids is 1. The normalized spacial score (nSPS) is 10.9. The number of anilines is 1. The van der Waals surface area contributed by atoms with Gasteiger partial charge in [-0.3, -0.25) is 4.79 Å². The van der Waals surface area contributed by atoms with Crippen LogP contribution in [0.1, 0.15) is 12.5 Å². The minimum atomic E-state index is -0.159. The highest BCUT2D eigenvalue weighted by atomic mass is 79.9. The third kappa shape index (κ3) is 4.68. The van der Waals surface area contributed by atoms with Crippen molar-refractivity contribution in [3.63, 3.8) is 0 Å². The number of amides is 1. The van der Waals surface area contributed by atoms with Crippen LogP contribution in [0.4, 0.5) is 5.69 Å². The number of nitrogens with one attached hydrogen (secondary N) is 1. The molecule has 3 rings (SSSR count). The summed E-state index contributed by atoms with van der Waals surface area (Å²) < 4.78 is 2.70. The summed E-state index contributed by atoms with van der Waals surface area (Å²) in [5.41, 5.74) is 2.20. The molecule has 146 valence electrons. The third-order valence-corrected chi connectivity index (χ3v) is 5.73. The second-order valence-corrected chi connectivity index (χ2v) is 8.30. The van der Waals surface area contributed by atoms with Crippen LogP contribution in [0.15, 0.2) is 46.0 Å². The van der Waals surface area contributed by atoms with E-state index >= 15 is 0 Å². The summed E-state index contributed by atoms with van der Waals surface area (Å²) >= 11 is 10.7. The summed E-state index contributed by atoms with van der Waals surface area (Å²) in [6.45, 7) is 4.47. The van der Waals surface area contributed by atoms with E-state index in [0.717, 1.165) is 10.0 Å². The van der Waals surface area contributed by atoms with Gasteiger partial charge in [-0.15, -0.1) is 10.2 Å². The minimum absolute atomic E-state index is 0.121. The molecule has 0 saturated carbocycles. The summed E-state index contributed by atoms with van der Waals surface area (Å²) in [4.78, 5) is 12.3. The van der Waals surface area contributed by atoms with Crippen LogP contribution in [-0.2, 0) is 11.3 Å². The Morgan fingerprint density at radius 1 is 1.29 bits per heavy atom. The maximum atomic E-state index is 12.3. The minimum Gasteiger partial charge on any atom is -0.507 e. The fourth-order valence-corrected chi connectivity index (χ4v) is 3.95. The molecule has 6 nitrogen and oxygen atoms in total. The molecule has 1 aromatic heterocycles. The van der Waals surface area contributed by atoms with Crippen molar-refractivity contribution in [1.82, 2.24) is 14.8 Å². The first-order chi connectivity index (χ1) is 13.4. The maximum Gasteiger partial charge on any atom is 0.234 e. The van der Waals surface area contributed by atoms with E-state index in [1.54, 1.807) is 30.3 Å². The molecule has 0 atom stereocenters. The largest absolute Gasteiger partial charge is 0.507 e. The lowest BCUT2D eigenvalue weighted by Gasteiger charge is -2.10. The second kappa shape index (κ2) is 8.98. The number of aromatic hydroxyl groups is 1. The molecule has 0 aliphatic heterocycles. The number of aryl methyl sites for hydroxylation is 1. The first kappa shape index (κ1) is 20.7. The number of halogens is 2. The molecule has 2 N–H and O–H groups in total. The van der Waals surface area contributed by atoms with Crippen molar-refractivity contribution in [2.75, 3.05) is 11.1 Å². The fraction of sp³-hybridized carbons (Fsp3) is 0.211. The number of benzene rings is 2. The van der Waals surface area contributed by atoms with Crippen LogP contribution in [0.5, 0.6) is 5.75 Å². The average molecular weight is 482 g/mol.